The third-order valence-corrected chi connectivity index (χ3v) is 3.77. The van der Waals surface area contributed by atoms with Crippen molar-refractivity contribution < 1.29 is 19.4 Å². The largest absolute Gasteiger partial charge is 0.496 e. The normalized spacial score (nSPS) is 22.3. The average Bonchev–Trinajstić information content (AvgIpc) is 2.45. The van der Waals surface area contributed by atoms with Gasteiger partial charge in [0.25, 0.3) is 0 Å². The van der Waals surface area contributed by atoms with Gasteiger partial charge in [0.2, 0.25) is 0 Å². The molecule has 2 atom stereocenters. The van der Waals surface area contributed by atoms with Crippen LogP contribution in [0.4, 0.5) is 4.79 Å². The van der Waals surface area contributed by atoms with Crippen LogP contribution in [0.25, 0.3) is 0 Å². The number of aliphatic hydroxyl groups is 1. The molecule has 0 bridgehead atoms. The maximum absolute atomic E-state index is 12.1. The summed E-state index contributed by atoms with van der Waals surface area (Å²) in [4.78, 5) is 13.7. The highest BCUT2D eigenvalue weighted by molar-refractivity contribution is 5.68. The Labute approximate surface area is 131 Å². The van der Waals surface area contributed by atoms with Crippen LogP contribution in [0.3, 0.4) is 0 Å². The summed E-state index contributed by atoms with van der Waals surface area (Å²) < 4.78 is 10.7. The smallest absolute Gasteiger partial charge is 0.410 e. The van der Waals surface area contributed by atoms with E-state index in [-0.39, 0.29) is 18.6 Å². The molecule has 5 heteroatoms. The number of hydrogen-bond acceptors (Lipinski definition) is 4. The summed E-state index contributed by atoms with van der Waals surface area (Å²) in [6.07, 6.45) is -0.316. The number of methoxy groups -OCH3 is 1. The molecular formula is C17H25NO4. The first kappa shape index (κ1) is 16.6. The van der Waals surface area contributed by atoms with Crippen LogP contribution in [0.1, 0.15) is 38.7 Å². The van der Waals surface area contributed by atoms with Gasteiger partial charge in [-0.25, -0.2) is 4.79 Å². The van der Waals surface area contributed by atoms with E-state index >= 15 is 0 Å². The van der Waals surface area contributed by atoms with Crippen LogP contribution in [0.15, 0.2) is 24.3 Å². The number of aliphatic hydroxyl groups excluding tert-OH is 1. The minimum atomic E-state index is -0.627. The van der Waals surface area contributed by atoms with E-state index in [1.165, 1.54) is 0 Å². The van der Waals surface area contributed by atoms with Gasteiger partial charge >= 0.3 is 6.09 Å². The molecule has 2 rings (SSSR count). The van der Waals surface area contributed by atoms with Crippen LogP contribution in [0.5, 0.6) is 5.75 Å². The van der Waals surface area contributed by atoms with Gasteiger partial charge in [-0.3, -0.25) is 0 Å². The summed E-state index contributed by atoms with van der Waals surface area (Å²) in [6.45, 7) is 6.35. The van der Waals surface area contributed by atoms with Crippen molar-refractivity contribution in [3.05, 3.63) is 29.8 Å². The molecule has 5 nitrogen and oxygen atoms in total. The molecule has 1 aliphatic rings. The zero-order chi connectivity index (χ0) is 16.3. The fraction of sp³-hybridized carbons (Fsp3) is 0.588. The summed E-state index contributed by atoms with van der Waals surface area (Å²) in [6, 6.07) is 7.70. The number of rotatable bonds is 2. The maximum atomic E-state index is 12.1. The monoisotopic (exact) mass is 307 g/mol. The standard InChI is InChI=1S/C17H25NO4/c1-17(2,3)22-16(20)18-10-9-12(14(19)11-18)13-7-5-6-8-15(13)21-4/h5-8,12,14,19H,9-11H2,1-4H3. The van der Waals surface area contributed by atoms with Crippen LogP contribution in [-0.4, -0.2) is 48.0 Å². The SMILES string of the molecule is COc1ccccc1C1CCN(C(=O)OC(C)(C)C)CC1O. The molecule has 0 aliphatic carbocycles. The lowest BCUT2D eigenvalue weighted by molar-refractivity contribution is -0.00169. The summed E-state index contributed by atoms with van der Waals surface area (Å²) in [7, 11) is 1.63. The summed E-state index contributed by atoms with van der Waals surface area (Å²) >= 11 is 0. The Kier molecular flexibility index (Phi) is 4.96. The van der Waals surface area contributed by atoms with E-state index in [1.807, 2.05) is 45.0 Å². The lowest BCUT2D eigenvalue weighted by Crippen LogP contribution is -2.47. The van der Waals surface area contributed by atoms with E-state index in [0.29, 0.717) is 13.0 Å². The third kappa shape index (κ3) is 3.91. The molecule has 1 heterocycles. The molecule has 22 heavy (non-hydrogen) atoms. The zero-order valence-corrected chi connectivity index (χ0v) is 13.7. The lowest BCUT2D eigenvalue weighted by Gasteiger charge is -2.37. The quantitative estimate of drug-likeness (QED) is 0.913. The molecule has 1 saturated heterocycles. The molecule has 1 fully saturated rings. The van der Waals surface area contributed by atoms with E-state index in [2.05, 4.69) is 0 Å². The highest BCUT2D eigenvalue weighted by Crippen LogP contribution is 2.34. The van der Waals surface area contributed by atoms with E-state index < -0.39 is 11.7 Å². The van der Waals surface area contributed by atoms with Gasteiger partial charge < -0.3 is 19.5 Å². The van der Waals surface area contributed by atoms with Gasteiger partial charge in [0.15, 0.2) is 0 Å². The predicted molar refractivity (Wildman–Crippen MR) is 84.2 cm³/mol. The van der Waals surface area contributed by atoms with Crippen molar-refractivity contribution in [2.24, 2.45) is 0 Å². The number of carbonyl (C=O) groups excluding carboxylic acids is 1. The maximum Gasteiger partial charge on any atom is 0.410 e. The molecule has 0 spiro atoms. The van der Waals surface area contributed by atoms with Gasteiger partial charge in [-0.05, 0) is 38.8 Å². The third-order valence-electron chi connectivity index (χ3n) is 3.77. The minimum absolute atomic E-state index is 0.0326. The topological polar surface area (TPSA) is 59.0 Å². The number of carbonyl (C=O) groups is 1. The Morgan fingerprint density at radius 2 is 2.00 bits per heavy atom. The van der Waals surface area contributed by atoms with Crippen molar-refractivity contribution in [3.63, 3.8) is 0 Å². The minimum Gasteiger partial charge on any atom is -0.496 e. The lowest BCUT2D eigenvalue weighted by atomic mass is 9.86. The summed E-state index contributed by atoms with van der Waals surface area (Å²) in [5.74, 6) is 0.743. The molecule has 0 radical (unpaired) electrons. The number of ether oxygens (including phenoxy) is 2. The number of β-amino-alcohol motifs (C(OH)–C–C–N with tert-alkyl or cyclic N) is 1. The van der Waals surface area contributed by atoms with Crippen LogP contribution < -0.4 is 4.74 Å². The van der Waals surface area contributed by atoms with Gasteiger partial charge in [-0.2, -0.15) is 0 Å². The summed E-state index contributed by atoms with van der Waals surface area (Å²) in [5, 5.41) is 10.5. The summed E-state index contributed by atoms with van der Waals surface area (Å²) in [5.41, 5.74) is 0.461. The molecule has 1 N–H and O–H groups in total. The second-order valence-corrected chi connectivity index (χ2v) is 6.63. The second kappa shape index (κ2) is 6.57. The second-order valence-electron chi connectivity index (χ2n) is 6.63. The highest BCUT2D eigenvalue weighted by Gasteiger charge is 2.34. The molecule has 0 saturated carbocycles. The number of amides is 1. The van der Waals surface area contributed by atoms with Crippen molar-refractivity contribution in [1.82, 2.24) is 4.90 Å². The molecule has 1 aliphatic heterocycles. The molecule has 2 unspecified atom stereocenters. The van der Waals surface area contributed by atoms with E-state index in [1.54, 1.807) is 12.0 Å². The fourth-order valence-electron chi connectivity index (χ4n) is 2.76. The van der Waals surface area contributed by atoms with Gasteiger partial charge in [0.05, 0.1) is 19.8 Å². The van der Waals surface area contributed by atoms with Crippen molar-refractivity contribution in [2.45, 2.75) is 44.8 Å². The number of hydrogen-bond donors (Lipinski definition) is 1. The van der Waals surface area contributed by atoms with Crippen LogP contribution >= 0.6 is 0 Å². The molecule has 1 amide bonds. The predicted octanol–water partition coefficient (Wildman–Crippen LogP) is 2.78. The Hall–Kier alpha value is -1.75. The van der Waals surface area contributed by atoms with Crippen LogP contribution in [0, 0.1) is 0 Å². The fourth-order valence-corrected chi connectivity index (χ4v) is 2.76. The Morgan fingerprint density at radius 3 is 2.59 bits per heavy atom. The number of piperidine rings is 1. The first-order valence-electron chi connectivity index (χ1n) is 7.60. The molecule has 122 valence electrons. The Bertz CT molecular complexity index is 524. The van der Waals surface area contributed by atoms with Crippen molar-refractivity contribution in [2.75, 3.05) is 20.2 Å². The van der Waals surface area contributed by atoms with E-state index in [0.717, 1.165) is 11.3 Å². The van der Waals surface area contributed by atoms with Crippen molar-refractivity contribution in [3.8, 4) is 5.75 Å². The zero-order valence-electron chi connectivity index (χ0n) is 13.7. The molecular weight excluding hydrogens is 282 g/mol. The first-order chi connectivity index (χ1) is 10.3. The number of nitrogens with zero attached hydrogens (tertiary/aromatic N) is 1. The van der Waals surface area contributed by atoms with Gasteiger partial charge in [-0.15, -0.1) is 0 Å². The number of para-hydroxylation sites is 1. The van der Waals surface area contributed by atoms with E-state index in [4.69, 9.17) is 9.47 Å². The van der Waals surface area contributed by atoms with Gasteiger partial charge in [-0.1, -0.05) is 18.2 Å². The molecule has 1 aromatic rings. The first-order valence-corrected chi connectivity index (χ1v) is 7.60. The van der Waals surface area contributed by atoms with Crippen LogP contribution in [-0.2, 0) is 4.74 Å². The average molecular weight is 307 g/mol. The number of likely N-dealkylation sites (tertiary alicyclic amines) is 1. The van der Waals surface area contributed by atoms with Crippen molar-refractivity contribution >= 4 is 6.09 Å². The Morgan fingerprint density at radius 1 is 1.32 bits per heavy atom. The van der Waals surface area contributed by atoms with E-state index in [9.17, 15) is 9.90 Å². The van der Waals surface area contributed by atoms with Crippen LogP contribution in [0.2, 0.25) is 0 Å². The highest BCUT2D eigenvalue weighted by atomic mass is 16.6. The Balaban J connectivity index is 2.05. The molecule has 0 aromatic heterocycles. The molecule has 1 aromatic carbocycles. The van der Waals surface area contributed by atoms with Gasteiger partial charge in [0.1, 0.15) is 11.4 Å². The van der Waals surface area contributed by atoms with Gasteiger partial charge in [0, 0.05) is 12.5 Å². The number of benzene rings is 1. The van der Waals surface area contributed by atoms with Crippen molar-refractivity contribution in [1.29, 1.82) is 0 Å².